The largest absolute Gasteiger partial charge is 0.392 e. The van der Waals surface area contributed by atoms with Gasteiger partial charge in [-0.15, -0.1) is 0 Å². The number of amides is 2. The fraction of sp³-hybridized carbons (Fsp3) is 0.222. The van der Waals surface area contributed by atoms with Gasteiger partial charge < -0.3 is 15.7 Å². The van der Waals surface area contributed by atoms with Crippen molar-refractivity contribution in [1.82, 2.24) is 0 Å². The van der Waals surface area contributed by atoms with Crippen molar-refractivity contribution in [2.45, 2.75) is 20.5 Å². The number of anilines is 2. The van der Waals surface area contributed by atoms with Crippen LogP contribution in [0.4, 0.5) is 11.4 Å². The zero-order chi connectivity index (χ0) is 17.7. The van der Waals surface area contributed by atoms with Gasteiger partial charge in [-0.25, -0.2) is 0 Å². The van der Waals surface area contributed by atoms with Crippen molar-refractivity contribution in [3.63, 3.8) is 0 Å². The molecule has 2 amide bonds. The highest BCUT2D eigenvalue weighted by molar-refractivity contribution is 6.34. The van der Waals surface area contributed by atoms with E-state index in [9.17, 15) is 9.59 Å². The van der Waals surface area contributed by atoms with E-state index in [1.807, 2.05) is 0 Å². The van der Waals surface area contributed by atoms with Crippen LogP contribution in [0.15, 0.2) is 42.5 Å². The zero-order valence-electron chi connectivity index (χ0n) is 13.5. The van der Waals surface area contributed by atoms with Crippen LogP contribution in [0.5, 0.6) is 0 Å². The van der Waals surface area contributed by atoms with E-state index in [2.05, 4.69) is 10.6 Å². The molecule has 0 saturated heterocycles. The first-order valence-electron chi connectivity index (χ1n) is 7.52. The summed E-state index contributed by atoms with van der Waals surface area (Å²) in [4.78, 5) is 24.2. The molecule has 0 saturated carbocycles. The van der Waals surface area contributed by atoms with Crippen LogP contribution in [0, 0.1) is 5.92 Å². The first kappa shape index (κ1) is 18.0. The summed E-state index contributed by atoms with van der Waals surface area (Å²) in [6, 6.07) is 11.6. The van der Waals surface area contributed by atoms with Gasteiger partial charge in [0, 0.05) is 17.3 Å². The average molecular weight is 347 g/mol. The molecule has 0 heterocycles. The molecule has 5 nitrogen and oxygen atoms in total. The Morgan fingerprint density at radius 1 is 1.08 bits per heavy atom. The van der Waals surface area contributed by atoms with Gasteiger partial charge in [-0.2, -0.15) is 0 Å². The number of nitrogens with one attached hydrogen (secondary N) is 2. The summed E-state index contributed by atoms with van der Waals surface area (Å²) in [6.07, 6.45) is 0. The molecule has 0 unspecified atom stereocenters. The summed E-state index contributed by atoms with van der Waals surface area (Å²) in [6.45, 7) is 3.46. The summed E-state index contributed by atoms with van der Waals surface area (Å²) in [5.41, 5.74) is 2.01. The number of carbonyl (C=O) groups is 2. The maximum Gasteiger partial charge on any atom is 0.257 e. The number of hydrogen-bond acceptors (Lipinski definition) is 3. The lowest BCUT2D eigenvalue weighted by molar-refractivity contribution is -0.118. The summed E-state index contributed by atoms with van der Waals surface area (Å²) >= 11 is 6.10. The highest BCUT2D eigenvalue weighted by Crippen LogP contribution is 2.22. The lowest BCUT2D eigenvalue weighted by Crippen LogP contribution is -2.18. The number of aliphatic hydroxyl groups excluding tert-OH is 1. The molecule has 3 N–H and O–H groups in total. The molecule has 0 aliphatic rings. The Morgan fingerprint density at radius 2 is 1.79 bits per heavy atom. The lowest BCUT2D eigenvalue weighted by atomic mass is 10.1. The van der Waals surface area contributed by atoms with Crippen LogP contribution in [0.25, 0.3) is 0 Å². The molecule has 0 bridgehead atoms. The average Bonchev–Trinajstić information content (AvgIpc) is 2.56. The lowest BCUT2D eigenvalue weighted by Gasteiger charge is -2.11. The van der Waals surface area contributed by atoms with Gasteiger partial charge in [0.2, 0.25) is 5.91 Å². The van der Waals surface area contributed by atoms with Gasteiger partial charge in [0.15, 0.2) is 0 Å². The van der Waals surface area contributed by atoms with Gasteiger partial charge in [-0.05, 0) is 35.9 Å². The van der Waals surface area contributed by atoms with E-state index in [-0.39, 0.29) is 29.0 Å². The summed E-state index contributed by atoms with van der Waals surface area (Å²) in [7, 11) is 0. The van der Waals surface area contributed by atoms with Crippen molar-refractivity contribution < 1.29 is 14.7 Å². The van der Waals surface area contributed by atoms with Crippen LogP contribution >= 0.6 is 11.6 Å². The quantitative estimate of drug-likeness (QED) is 0.772. The summed E-state index contributed by atoms with van der Waals surface area (Å²) < 4.78 is 0. The minimum absolute atomic E-state index is 0.110. The summed E-state index contributed by atoms with van der Waals surface area (Å²) in [5, 5.41) is 14.9. The number of carbonyl (C=O) groups excluding carboxylic acids is 2. The second-order valence-electron chi connectivity index (χ2n) is 5.65. The second kappa shape index (κ2) is 7.95. The molecule has 0 radical (unpaired) electrons. The van der Waals surface area contributed by atoms with E-state index in [4.69, 9.17) is 16.7 Å². The number of aliphatic hydroxyl groups is 1. The molecular formula is C18H19ClN2O3. The Balaban J connectivity index is 2.20. The Bertz CT molecular complexity index is 760. The molecule has 0 aromatic heterocycles. The molecule has 6 heteroatoms. The first-order valence-corrected chi connectivity index (χ1v) is 7.90. The first-order chi connectivity index (χ1) is 11.4. The monoisotopic (exact) mass is 346 g/mol. The number of rotatable bonds is 5. The summed E-state index contributed by atoms with van der Waals surface area (Å²) in [5.74, 6) is -0.700. The third kappa shape index (κ3) is 4.57. The van der Waals surface area contributed by atoms with Crippen LogP contribution in [0.1, 0.15) is 29.8 Å². The van der Waals surface area contributed by atoms with Crippen molar-refractivity contribution in [1.29, 1.82) is 0 Å². The van der Waals surface area contributed by atoms with Crippen LogP contribution in [0.3, 0.4) is 0 Å². The van der Waals surface area contributed by atoms with Crippen LogP contribution in [-0.2, 0) is 11.4 Å². The molecule has 0 fully saturated rings. The van der Waals surface area contributed by atoms with Crippen molar-refractivity contribution in [3.8, 4) is 0 Å². The van der Waals surface area contributed by atoms with Gasteiger partial charge in [-0.3, -0.25) is 9.59 Å². The van der Waals surface area contributed by atoms with E-state index < -0.39 is 5.91 Å². The third-order valence-electron chi connectivity index (χ3n) is 3.37. The maximum absolute atomic E-state index is 12.4. The molecule has 0 atom stereocenters. The minimum Gasteiger partial charge on any atom is -0.392 e. The van der Waals surface area contributed by atoms with Gasteiger partial charge in [-0.1, -0.05) is 37.6 Å². The molecular weight excluding hydrogens is 328 g/mol. The van der Waals surface area contributed by atoms with E-state index in [1.54, 1.807) is 50.2 Å². The van der Waals surface area contributed by atoms with E-state index in [1.165, 1.54) is 6.07 Å². The molecule has 0 spiro atoms. The molecule has 126 valence electrons. The fourth-order valence-electron chi connectivity index (χ4n) is 2.01. The molecule has 24 heavy (non-hydrogen) atoms. The van der Waals surface area contributed by atoms with Crippen LogP contribution in [0.2, 0.25) is 5.02 Å². The minimum atomic E-state index is -0.393. The normalized spacial score (nSPS) is 10.5. The zero-order valence-corrected chi connectivity index (χ0v) is 14.2. The molecule has 2 aromatic rings. The Hall–Kier alpha value is -2.37. The van der Waals surface area contributed by atoms with Crippen molar-refractivity contribution >= 4 is 34.8 Å². The number of hydrogen-bond donors (Lipinski definition) is 3. The van der Waals surface area contributed by atoms with Crippen LogP contribution in [-0.4, -0.2) is 16.9 Å². The molecule has 0 aliphatic heterocycles. The third-order valence-corrected chi connectivity index (χ3v) is 3.70. The number of halogens is 1. The van der Waals surface area contributed by atoms with Crippen LogP contribution < -0.4 is 10.6 Å². The van der Waals surface area contributed by atoms with Crippen molar-refractivity contribution in [3.05, 3.63) is 58.6 Å². The highest BCUT2D eigenvalue weighted by Gasteiger charge is 2.14. The fourth-order valence-corrected chi connectivity index (χ4v) is 2.21. The van der Waals surface area contributed by atoms with Crippen molar-refractivity contribution in [2.24, 2.45) is 5.92 Å². The Kier molecular flexibility index (Phi) is 5.95. The van der Waals surface area contributed by atoms with Gasteiger partial charge >= 0.3 is 0 Å². The van der Waals surface area contributed by atoms with E-state index in [0.717, 1.165) is 0 Å². The smallest absolute Gasteiger partial charge is 0.257 e. The molecule has 2 aromatic carbocycles. The predicted molar refractivity (Wildman–Crippen MR) is 95.2 cm³/mol. The Morgan fingerprint density at radius 3 is 2.46 bits per heavy atom. The second-order valence-corrected chi connectivity index (χ2v) is 6.06. The van der Waals surface area contributed by atoms with Gasteiger partial charge in [0.25, 0.3) is 5.91 Å². The standard InChI is InChI=1S/C18H19ClN2O3/c1-11(2)17(23)20-14-6-7-16(19)15(9-14)18(24)21-13-5-3-4-12(8-13)10-22/h3-9,11,22H,10H2,1-2H3,(H,20,23)(H,21,24). The number of benzene rings is 2. The van der Waals surface area contributed by atoms with Crippen molar-refractivity contribution in [2.75, 3.05) is 10.6 Å². The topological polar surface area (TPSA) is 78.4 Å². The van der Waals surface area contributed by atoms with E-state index in [0.29, 0.717) is 16.9 Å². The molecule has 0 aliphatic carbocycles. The SMILES string of the molecule is CC(C)C(=O)Nc1ccc(Cl)c(C(=O)Nc2cccc(CO)c2)c1. The van der Waals surface area contributed by atoms with Gasteiger partial charge in [0.1, 0.15) is 0 Å². The predicted octanol–water partition coefficient (Wildman–Crippen LogP) is 3.68. The molecule has 2 rings (SSSR count). The Labute approximate surface area is 145 Å². The maximum atomic E-state index is 12.4. The van der Waals surface area contributed by atoms with Gasteiger partial charge in [0.05, 0.1) is 17.2 Å². The van der Waals surface area contributed by atoms with E-state index >= 15 is 0 Å². The highest BCUT2D eigenvalue weighted by atomic mass is 35.5.